The van der Waals surface area contributed by atoms with E-state index in [-0.39, 0.29) is 18.6 Å². The van der Waals surface area contributed by atoms with Gasteiger partial charge in [0.15, 0.2) is 0 Å². The van der Waals surface area contributed by atoms with E-state index in [2.05, 4.69) is 43.5 Å². The van der Waals surface area contributed by atoms with E-state index in [9.17, 15) is 29.1 Å². The first kappa shape index (κ1) is 29.2. The molecule has 10 N–H and O–H groups in total. The number of thiol groups is 1. The number of primary amides is 1. The highest BCUT2D eigenvalue weighted by Gasteiger charge is 2.31. The van der Waals surface area contributed by atoms with Gasteiger partial charge in [-0.2, -0.15) is 12.6 Å². The molecule has 3 aromatic rings. The zero-order valence-corrected chi connectivity index (χ0v) is 21.6. The van der Waals surface area contributed by atoms with Crippen LogP contribution in [0.1, 0.15) is 17.7 Å². The number of benzene rings is 1. The van der Waals surface area contributed by atoms with Gasteiger partial charge in [0.2, 0.25) is 23.6 Å². The number of nitrogens with two attached hydrogens (primary N) is 2. The minimum absolute atomic E-state index is 0.0450. The number of H-pyrrole nitrogens is 2. The van der Waals surface area contributed by atoms with Gasteiger partial charge >= 0.3 is 5.97 Å². The molecule has 0 aliphatic heterocycles. The maximum atomic E-state index is 13.2. The lowest BCUT2D eigenvalue weighted by Gasteiger charge is -2.24. The van der Waals surface area contributed by atoms with Crippen LogP contribution in [0.4, 0.5) is 0 Å². The molecule has 15 heteroatoms. The summed E-state index contributed by atoms with van der Waals surface area (Å²) in [5.74, 6) is -4.90. The van der Waals surface area contributed by atoms with Crippen molar-refractivity contribution in [3.63, 3.8) is 0 Å². The molecule has 0 bridgehead atoms. The van der Waals surface area contributed by atoms with E-state index in [1.165, 1.54) is 12.5 Å². The predicted molar refractivity (Wildman–Crippen MR) is 143 cm³/mol. The Bertz CT molecular complexity index is 1330. The van der Waals surface area contributed by atoms with Gasteiger partial charge in [-0.15, -0.1) is 0 Å². The standard InChI is InChI=1S/C24H30N8O6S/c25-15(5-12-8-28-16-4-2-1-3-14(12)16)21(34)30-17(6-13-9-27-11-29-13)22(35)31-18(7-20(26)33)23(36)32-19(10-39)24(37)38/h1-4,8-9,11,15,17-19,28,39H,5-7,10,25H2,(H2,26,33)(H,27,29)(H,30,34)(H,31,35)(H,32,36)(H,37,38). The van der Waals surface area contributed by atoms with E-state index in [4.69, 9.17) is 11.5 Å². The number of amides is 4. The number of aromatic nitrogens is 3. The van der Waals surface area contributed by atoms with Crippen molar-refractivity contribution < 1.29 is 29.1 Å². The Labute approximate surface area is 228 Å². The molecule has 0 aliphatic rings. The van der Waals surface area contributed by atoms with Crippen LogP contribution in [0.2, 0.25) is 0 Å². The zero-order valence-electron chi connectivity index (χ0n) is 20.7. The molecule has 0 saturated carbocycles. The Morgan fingerprint density at radius 2 is 1.62 bits per heavy atom. The fraction of sp³-hybridized carbons (Fsp3) is 0.333. The SMILES string of the molecule is NC(=O)CC(NC(=O)C(Cc1cnc[nH]1)NC(=O)C(N)Cc1c[nH]c2ccccc12)C(=O)NC(CS)C(=O)O. The molecule has 0 radical (unpaired) electrons. The third-order valence-corrected chi connectivity index (χ3v) is 6.26. The minimum Gasteiger partial charge on any atom is -0.480 e. The lowest BCUT2D eigenvalue weighted by molar-refractivity contribution is -0.141. The number of nitrogens with one attached hydrogen (secondary N) is 5. The van der Waals surface area contributed by atoms with Crippen LogP contribution in [0.25, 0.3) is 10.9 Å². The molecule has 4 amide bonds. The Balaban J connectivity index is 1.74. The number of carbonyl (C=O) groups is 5. The molecule has 0 fully saturated rings. The molecule has 1 aromatic carbocycles. The van der Waals surface area contributed by atoms with Crippen molar-refractivity contribution in [3.05, 3.63) is 54.2 Å². The molecule has 0 aliphatic carbocycles. The van der Waals surface area contributed by atoms with Crippen molar-refractivity contribution in [2.24, 2.45) is 11.5 Å². The van der Waals surface area contributed by atoms with Crippen LogP contribution in [0.3, 0.4) is 0 Å². The number of para-hydroxylation sites is 1. The van der Waals surface area contributed by atoms with Gasteiger partial charge in [-0.3, -0.25) is 19.2 Å². The highest BCUT2D eigenvalue weighted by molar-refractivity contribution is 7.80. The van der Waals surface area contributed by atoms with Gasteiger partial charge in [0, 0.05) is 41.2 Å². The molecule has 2 aromatic heterocycles. The number of aliphatic carboxylic acids is 1. The summed E-state index contributed by atoms with van der Waals surface area (Å²) in [7, 11) is 0. The second-order valence-electron chi connectivity index (χ2n) is 8.83. The zero-order chi connectivity index (χ0) is 28.5. The van der Waals surface area contributed by atoms with Crippen LogP contribution < -0.4 is 27.4 Å². The lowest BCUT2D eigenvalue weighted by Crippen LogP contribution is -2.58. The number of imidazole rings is 1. The molecule has 0 spiro atoms. The normalized spacial score (nSPS) is 14.1. The number of carboxylic acid groups (broad SMARTS) is 1. The maximum Gasteiger partial charge on any atom is 0.327 e. The minimum atomic E-state index is -1.50. The van der Waals surface area contributed by atoms with Crippen LogP contribution >= 0.6 is 12.6 Å². The van der Waals surface area contributed by atoms with E-state index >= 15 is 0 Å². The molecule has 4 unspecified atom stereocenters. The summed E-state index contributed by atoms with van der Waals surface area (Å²) in [4.78, 5) is 71.6. The highest BCUT2D eigenvalue weighted by atomic mass is 32.1. The Kier molecular flexibility index (Phi) is 10.1. The number of carbonyl (C=O) groups excluding carboxylic acids is 4. The second-order valence-corrected chi connectivity index (χ2v) is 9.19. The molecular weight excluding hydrogens is 528 g/mol. The van der Waals surface area contributed by atoms with Crippen LogP contribution in [0, 0.1) is 0 Å². The van der Waals surface area contributed by atoms with Crippen LogP contribution in [-0.4, -0.2) is 79.6 Å². The smallest absolute Gasteiger partial charge is 0.327 e. The molecule has 3 rings (SSSR count). The molecule has 208 valence electrons. The van der Waals surface area contributed by atoms with E-state index in [1.54, 1.807) is 6.20 Å². The van der Waals surface area contributed by atoms with Crippen molar-refractivity contribution in [1.29, 1.82) is 0 Å². The Morgan fingerprint density at radius 3 is 2.26 bits per heavy atom. The summed E-state index contributed by atoms with van der Waals surface area (Å²) in [5, 5.41) is 17.3. The molecule has 2 heterocycles. The van der Waals surface area contributed by atoms with Crippen LogP contribution in [0.5, 0.6) is 0 Å². The number of hydrogen-bond acceptors (Lipinski definition) is 8. The van der Waals surface area contributed by atoms with Gasteiger partial charge in [-0.25, -0.2) is 9.78 Å². The number of fused-ring (bicyclic) bond motifs is 1. The molecule has 39 heavy (non-hydrogen) atoms. The van der Waals surface area contributed by atoms with Crippen molar-refractivity contribution in [1.82, 2.24) is 30.9 Å². The third kappa shape index (κ3) is 8.05. The van der Waals surface area contributed by atoms with E-state index < -0.39 is 60.2 Å². The number of rotatable bonds is 14. The van der Waals surface area contributed by atoms with Crippen LogP contribution in [0.15, 0.2) is 43.0 Å². The van der Waals surface area contributed by atoms with Gasteiger partial charge in [0.25, 0.3) is 0 Å². The summed E-state index contributed by atoms with van der Waals surface area (Å²) in [6.45, 7) is 0. The van der Waals surface area contributed by atoms with E-state index in [1.807, 2.05) is 24.3 Å². The van der Waals surface area contributed by atoms with Crippen molar-refractivity contribution in [2.75, 3.05) is 5.75 Å². The predicted octanol–water partition coefficient (Wildman–Crippen LogP) is -1.65. The fourth-order valence-corrected chi connectivity index (χ4v) is 4.12. The fourth-order valence-electron chi connectivity index (χ4n) is 3.87. The third-order valence-electron chi connectivity index (χ3n) is 5.90. The average Bonchev–Trinajstić information content (AvgIpc) is 3.56. The summed E-state index contributed by atoms with van der Waals surface area (Å²) in [5.41, 5.74) is 13.6. The Hall–Kier alpha value is -4.37. The van der Waals surface area contributed by atoms with E-state index in [0.29, 0.717) is 5.69 Å². The Morgan fingerprint density at radius 1 is 0.949 bits per heavy atom. The number of carboxylic acids is 1. The molecular formula is C24H30N8O6S. The van der Waals surface area contributed by atoms with Crippen molar-refractivity contribution in [2.45, 2.75) is 43.4 Å². The van der Waals surface area contributed by atoms with Crippen molar-refractivity contribution >= 4 is 53.1 Å². The summed E-state index contributed by atoms with van der Waals surface area (Å²) in [6.07, 6.45) is 4.13. The van der Waals surface area contributed by atoms with Gasteiger partial charge < -0.3 is 42.5 Å². The maximum absolute atomic E-state index is 13.2. The number of hydrogen-bond donors (Lipinski definition) is 9. The van der Waals surface area contributed by atoms with Crippen molar-refractivity contribution in [3.8, 4) is 0 Å². The van der Waals surface area contributed by atoms with E-state index in [0.717, 1.165) is 16.5 Å². The second kappa shape index (κ2) is 13.4. The molecule has 0 saturated heterocycles. The van der Waals surface area contributed by atoms with Gasteiger partial charge in [-0.1, -0.05) is 18.2 Å². The summed E-state index contributed by atoms with van der Waals surface area (Å²) < 4.78 is 0. The summed E-state index contributed by atoms with van der Waals surface area (Å²) in [6, 6.07) is 2.42. The monoisotopic (exact) mass is 558 g/mol. The molecule has 4 atom stereocenters. The lowest BCUT2D eigenvalue weighted by atomic mass is 10.0. The highest BCUT2D eigenvalue weighted by Crippen LogP contribution is 2.18. The van der Waals surface area contributed by atoms with Gasteiger partial charge in [0.1, 0.15) is 18.1 Å². The van der Waals surface area contributed by atoms with Crippen LogP contribution in [-0.2, 0) is 36.8 Å². The molecule has 14 nitrogen and oxygen atoms in total. The first-order valence-electron chi connectivity index (χ1n) is 11.9. The first-order chi connectivity index (χ1) is 18.6. The number of nitrogens with zero attached hydrogens (tertiary/aromatic N) is 1. The van der Waals surface area contributed by atoms with Gasteiger partial charge in [-0.05, 0) is 18.1 Å². The summed E-state index contributed by atoms with van der Waals surface area (Å²) >= 11 is 3.88. The quantitative estimate of drug-likeness (QED) is 0.104. The van der Waals surface area contributed by atoms with Gasteiger partial charge in [0.05, 0.1) is 18.8 Å². The largest absolute Gasteiger partial charge is 0.480 e. The average molecular weight is 559 g/mol. The number of aromatic amines is 2. The topological polar surface area (TPSA) is 238 Å². The first-order valence-corrected chi connectivity index (χ1v) is 12.5.